The maximum absolute atomic E-state index is 10.8. The molecule has 10 unspecified atom stereocenters. The van der Waals surface area contributed by atoms with Crippen LogP contribution in [0.4, 0.5) is 0 Å². The molecule has 15 heteroatoms. The molecule has 0 saturated carbocycles. The lowest BCUT2D eigenvalue weighted by Gasteiger charge is -2.30. The fraction of sp³-hybridized carbons (Fsp3) is 1.00. The smallest absolute Gasteiger partial charge is 0.393 e. The third-order valence-corrected chi connectivity index (χ3v) is 18.8. The Morgan fingerprint density at radius 2 is 0.474 bits per heavy atom. The zero-order valence-corrected chi connectivity index (χ0v) is 51.3. The van der Waals surface area contributed by atoms with Crippen LogP contribution < -0.4 is 0 Å². The van der Waals surface area contributed by atoms with Gasteiger partial charge in [0.05, 0.1) is 61.0 Å². The van der Waals surface area contributed by atoms with Crippen LogP contribution in [0.25, 0.3) is 0 Å². The first-order chi connectivity index (χ1) is 36.7. The van der Waals surface area contributed by atoms with Crippen molar-refractivity contribution in [1.82, 2.24) is 0 Å². The van der Waals surface area contributed by atoms with E-state index in [1.54, 1.807) is 0 Å². The van der Waals surface area contributed by atoms with Crippen LogP contribution in [0.1, 0.15) is 297 Å². The molecule has 0 aliphatic carbocycles. The van der Waals surface area contributed by atoms with Crippen molar-refractivity contribution in [2.75, 3.05) is 25.6 Å². The van der Waals surface area contributed by atoms with Gasteiger partial charge in [-0.1, -0.05) is 155 Å². The summed E-state index contributed by atoms with van der Waals surface area (Å²) in [6.45, 7) is 7.16. The molecule has 0 spiro atoms. The van der Waals surface area contributed by atoms with Crippen LogP contribution in [0.2, 0.25) is 6.04 Å². The van der Waals surface area contributed by atoms with Gasteiger partial charge in [-0.15, -0.1) is 0 Å². The van der Waals surface area contributed by atoms with Crippen LogP contribution in [0, 0.1) is 0 Å². The quantitative estimate of drug-likeness (QED) is 0.0155. The first-order valence-corrected chi connectivity index (χ1v) is 34.6. The van der Waals surface area contributed by atoms with Gasteiger partial charge in [-0.2, -0.15) is 12.6 Å². The number of unbranched alkanes of at least 4 members (excludes halogenated alkanes) is 20. The summed E-state index contributed by atoms with van der Waals surface area (Å²) in [4.78, 5) is 0. The maximum Gasteiger partial charge on any atom is 0.500 e. The lowest BCUT2D eigenvalue weighted by atomic mass is 9.98. The van der Waals surface area contributed by atoms with E-state index in [-0.39, 0.29) is 13.2 Å². The molecule has 0 aliphatic heterocycles. The highest BCUT2D eigenvalue weighted by molar-refractivity contribution is 7.80. The molecule has 0 radical (unpaired) electrons. The van der Waals surface area contributed by atoms with Crippen molar-refractivity contribution >= 4 is 21.4 Å². The van der Waals surface area contributed by atoms with Crippen LogP contribution in [0.15, 0.2) is 0 Å². The second kappa shape index (κ2) is 54.3. The number of aliphatic hydroxyl groups is 10. The van der Waals surface area contributed by atoms with E-state index in [4.69, 9.17) is 13.3 Å². The van der Waals surface area contributed by atoms with Gasteiger partial charge in [-0.05, 0) is 148 Å². The van der Waals surface area contributed by atoms with E-state index in [9.17, 15) is 51.1 Å². The van der Waals surface area contributed by atoms with Gasteiger partial charge >= 0.3 is 8.80 Å². The molecule has 0 aromatic heterocycles. The predicted molar refractivity (Wildman–Crippen MR) is 318 cm³/mol. The molecule has 0 bridgehead atoms. The molecular weight excluding hydrogens is 1000 g/mol. The van der Waals surface area contributed by atoms with Gasteiger partial charge in [-0.3, -0.25) is 0 Å². The monoisotopic (exact) mass is 1130 g/mol. The Labute approximate surface area is 473 Å². The molecular formula is C61H126O13SSi. The van der Waals surface area contributed by atoms with Crippen molar-refractivity contribution in [2.45, 2.75) is 364 Å². The number of rotatable bonds is 61. The average Bonchev–Trinajstić information content (AvgIpc) is 3.40. The zero-order valence-electron chi connectivity index (χ0n) is 49.4. The molecule has 0 heterocycles. The van der Waals surface area contributed by atoms with E-state index >= 15 is 0 Å². The van der Waals surface area contributed by atoms with Crippen LogP contribution in [-0.4, -0.2) is 146 Å². The van der Waals surface area contributed by atoms with E-state index in [1.807, 2.05) is 6.92 Å². The molecule has 0 aromatic carbocycles. The topological polar surface area (TPSA) is 230 Å². The molecule has 76 heavy (non-hydrogen) atoms. The molecule has 10 atom stereocenters. The fourth-order valence-electron chi connectivity index (χ4n) is 10.2. The summed E-state index contributed by atoms with van der Waals surface area (Å²) in [5.74, 6) is 0.619. The SMILES string of the molecule is CCCCCCCCCCCCCC(O)CCC(O)CCC(O)CCC(O)CCC(O)CCO[Si](CCCS)(OCC)OCCC(O)CCC(O)CCC(O)CCC(O)CCC(O)CCCCCCCCCCCCC. The minimum atomic E-state index is -3.16. The zero-order chi connectivity index (χ0) is 56.3. The van der Waals surface area contributed by atoms with Crippen LogP contribution in [-0.2, 0) is 13.3 Å². The van der Waals surface area contributed by atoms with Gasteiger partial charge in [0.15, 0.2) is 0 Å². The third kappa shape index (κ3) is 49.8. The highest BCUT2D eigenvalue weighted by Gasteiger charge is 2.40. The Hall–Kier alpha value is 0.0469. The molecule has 0 rings (SSSR count). The van der Waals surface area contributed by atoms with Gasteiger partial charge in [0.2, 0.25) is 0 Å². The summed E-state index contributed by atoms with van der Waals surface area (Å²) in [6, 6.07) is 0.537. The average molecular weight is 1130 g/mol. The number of hydrogen-bond acceptors (Lipinski definition) is 14. The largest absolute Gasteiger partial charge is 0.500 e. The summed E-state index contributed by atoms with van der Waals surface area (Å²) in [6.07, 6.45) is 31.9. The molecule has 0 aromatic rings. The number of aliphatic hydroxyl groups excluding tert-OH is 10. The lowest BCUT2D eigenvalue weighted by Crippen LogP contribution is -2.47. The standard InChI is InChI=1S/C61H126O13SSi/c1-4-7-9-11-13-15-17-19-21-23-25-28-52(62)30-32-54(64)34-36-56(66)38-40-58(68)42-44-60(70)46-48-73-76(72-6-3,51-27-50-75)74-49-47-61(71)45-43-59(69)41-39-57(67)37-35-55(65)33-31-53(63)29-26-24-22-20-18-16-14-12-10-8-5-2/h52-71,75H,4-51H2,1-3H3. The van der Waals surface area contributed by atoms with Crippen molar-refractivity contribution in [3.8, 4) is 0 Å². The molecule has 13 nitrogen and oxygen atoms in total. The Bertz CT molecular complexity index is 1110. The van der Waals surface area contributed by atoms with E-state index < -0.39 is 69.8 Å². The van der Waals surface area contributed by atoms with Gasteiger partial charge in [0.1, 0.15) is 0 Å². The number of hydrogen-bond donors (Lipinski definition) is 11. The lowest BCUT2D eigenvalue weighted by molar-refractivity contribution is 0.0309. The first kappa shape index (κ1) is 76.0. The predicted octanol–water partition coefficient (Wildman–Crippen LogP) is 12.3. The van der Waals surface area contributed by atoms with E-state index in [0.29, 0.717) is 140 Å². The molecule has 0 fully saturated rings. The Morgan fingerprint density at radius 3 is 0.697 bits per heavy atom. The van der Waals surface area contributed by atoms with Gasteiger partial charge in [-0.25, -0.2) is 0 Å². The van der Waals surface area contributed by atoms with E-state index in [0.717, 1.165) is 38.5 Å². The molecule has 0 amide bonds. The maximum atomic E-state index is 10.8. The van der Waals surface area contributed by atoms with Crippen molar-refractivity contribution in [3.05, 3.63) is 0 Å². The second-order valence-corrected chi connectivity index (χ2v) is 26.2. The summed E-state index contributed by atoms with van der Waals surface area (Å²) < 4.78 is 18.7. The second-order valence-electron chi connectivity index (χ2n) is 23.0. The highest BCUT2D eigenvalue weighted by atomic mass is 32.1. The normalized spacial score (nSPS) is 17.0. The van der Waals surface area contributed by atoms with Crippen molar-refractivity contribution in [2.24, 2.45) is 0 Å². The van der Waals surface area contributed by atoms with Crippen LogP contribution in [0.3, 0.4) is 0 Å². The molecule has 10 N–H and O–H groups in total. The summed E-state index contributed by atoms with van der Waals surface area (Å²) >= 11 is 4.38. The molecule has 0 aliphatic rings. The Kier molecular flexibility index (Phi) is 54.3. The molecule has 0 saturated heterocycles. The summed E-state index contributed by atoms with van der Waals surface area (Å²) in [7, 11) is -3.16. The fourth-order valence-corrected chi connectivity index (χ4v) is 13.2. The van der Waals surface area contributed by atoms with Crippen LogP contribution in [0.5, 0.6) is 0 Å². The van der Waals surface area contributed by atoms with Crippen LogP contribution >= 0.6 is 12.6 Å². The van der Waals surface area contributed by atoms with E-state index in [1.165, 1.54) is 116 Å². The van der Waals surface area contributed by atoms with Gasteiger partial charge < -0.3 is 64.3 Å². The van der Waals surface area contributed by atoms with Crippen molar-refractivity contribution in [3.63, 3.8) is 0 Å². The van der Waals surface area contributed by atoms with Gasteiger partial charge in [0, 0.05) is 25.9 Å². The van der Waals surface area contributed by atoms with Crippen molar-refractivity contribution < 1.29 is 64.3 Å². The number of thiol groups is 1. The van der Waals surface area contributed by atoms with E-state index in [2.05, 4.69) is 26.5 Å². The first-order valence-electron chi connectivity index (χ1n) is 32.0. The van der Waals surface area contributed by atoms with Gasteiger partial charge in [0.25, 0.3) is 0 Å². The Balaban J connectivity index is 4.29. The highest BCUT2D eigenvalue weighted by Crippen LogP contribution is 2.24. The molecule has 458 valence electrons. The Morgan fingerprint density at radius 1 is 0.263 bits per heavy atom. The summed E-state index contributed by atoms with van der Waals surface area (Å²) in [5, 5.41) is 106. The third-order valence-electron chi connectivity index (χ3n) is 15.5. The van der Waals surface area contributed by atoms with Crippen molar-refractivity contribution in [1.29, 1.82) is 0 Å². The summed E-state index contributed by atoms with van der Waals surface area (Å²) in [5.41, 5.74) is 0. The minimum Gasteiger partial charge on any atom is -0.393 e. The minimum absolute atomic E-state index is 0.204.